The molecule has 1 saturated carbocycles. The number of sulfonamides is 1. The minimum atomic E-state index is -3.51. The second kappa shape index (κ2) is 5.97. The van der Waals surface area contributed by atoms with E-state index in [0.717, 1.165) is 36.8 Å². The minimum absolute atomic E-state index is 0.0479. The summed E-state index contributed by atoms with van der Waals surface area (Å²) in [5.41, 5.74) is 8.83. The third kappa shape index (κ3) is 3.40. The fourth-order valence-electron chi connectivity index (χ4n) is 3.10. The van der Waals surface area contributed by atoms with Crippen LogP contribution in [0.4, 0.5) is 5.69 Å². The monoisotopic (exact) mass is 310 g/mol. The fourth-order valence-corrected chi connectivity index (χ4v) is 4.98. The summed E-state index contributed by atoms with van der Waals surface area (Å²) in [6, 6.07) is 1.89. The molecule has 1 aromatic rings. The average Bonchev–Trinajstić information content (AvgIpc) is 2.39. The summed E-state index contributed by atoms with van der Waals surface area (Å²) in [7, 11) is -3.51. The minimum Gasteiger partial charge on any atom is -0.398 e. The van der Waals surface area contributed by atoms with Gasteiger partial charge >= 0.3 is 0 Å². The first-order valence-electron chi connectivity index (χ1n) is 7.61. The summed E-state index contributed by atoms with van der Waals surface area (Å²) >= 11 is 0. The van der Waals surface area contributed by atoms with Crippen molar-refractivity contribution in [1.29, 1.82) is 0 Å². The van der Waals surface area contributed by atoms with Gasteiger partial charge < -0.3 is 5.73 Å². The molecule has 0 atom stereocenters. The summed E-state index contributed by atoms with van der Waals surface area (Å²) < 4.78 is 28.4. The first-order chi connectivity index (χ1) is 9.72. The van der Waals surface area contributed by atoms with Gasteiger partial charge in [-0.05, 0) is 75.1 Å². The number of benzene rings is 1. The Morgan fingerprint density at radius 3 is 2.24 bits per heavy atom. The second-order valence-electron chi connectivity index (χ2n) is 6.44. The van der Waals surface area contributed by atoms with Gasteiger partial charge in [0.1, 0.15) is 0 Å². The van der Waals surface area contributed by atoms with Gasteiger partial charge in [-0.2, -0.15) is 0 Å². The van der Waals surface area contributed by atoms with E-state index in [2.05, 4.69) is 11.6 Å². The summed E-state index contributed by atoms with van der Waals surface area (Å²) in [5.74, 6) is 0.698. The Morgan fingerprint density at radius 2 is 1.67 bits per heavy atom. The predicted octanol–water partition coefficient (Wildman–Crippen LogP) is 3.05. The van der Waals surface area contributed by atoms with E-state index in [4.69, 9.17) is 5.73 Å². The van der Waals surface area contributed by atoms with E-state index in [1.165, 1.54) is 0 Å². The summed E-state index contributed by atoms with van der Waals surface area (Å²) in [5, 5.41) is 0. The van der Waals surface area contributed by atoms with Gasteiger partial charge in [0.05, 0.1) is 4.90 Å². The molecular formula is C16H26N2O2S. The molecular weight excluding hydrogens is 284 g/mol. The molecule has 1 fully saturated rings. The van der Waals surface area contributed by atoms with Gasteiger partial charge in [-0.3, -0.25) is 0 Å². The number of nitrogens with two attached hydrogens (primary N) is 1. The van der Waals surface area contributed by atoms with Crippen molar-refractivity contribution in [3.63, 3.8) is 0 Å². The highest BCUT2D eigenvalue weighted by Crippen LogP contribution is 2.30. The Kier molecular flexibility index (Phi) is 4.63. The topological polar surface area (TPSA) is 72.2 Å². The number of rotatable bonds is 3. The molecule has 0 saturated heterocycles. The summed E-state index contributed by atoms with van der Waals surface area (Å²) in [6.45, 7) is 7.74. The molecule has 5 heteroatoms. The Bertz CT molecular complexity index is 604. The van der Waals surface area contributed by atoms with E-state index in [1.807, 2.05) is 19.9 Å². The van der Waals surface area contributed by atoms with E-state index in [0.29, 0.717) is 22.1 Å². The van der Waals surface area contributed by atoms with E-state index >= 15 is 0 Å². The number of nitrogens with one attached hydrogen (secondary N) is 1. The quantitative estimate of drug-likeness (QED) is 0.843. The van der Waals surface area contributed by atoms with Gasteiger partial charge in [0, 0.05) is 11.7 Å². The number of aryl methyl sites for hydroxylation is 1. The molecule has 0 radical (unpaired) electrons. The van der Waals surface area contributed by atoms with E-state index in [1.54, 1.807) is 6.92 Å². The summed E-state index contributed by atoms with van der Waals surface area (Å²) in [4.78, 5) is 0.360. The van der Waals surface area contributed by atoms with Gasteiger partial charge in [-0.25, -0.2) is 13.1 Å². The lowest BCUT2D eigenvalue weighted by atomic mass is 9.88. The van der Waals surface area contributed by atoms with Crippen LogP contribution in [0.5, 0.6) is 0 Å². The highest BCUT2D eigenvalue weighted by molar-refractivity contribution is 7.89. The molecule has 0 aromatic heterocycles. The molecule has 21 heavy (non-hydrogen) atoms. The van der Waals surface area contributed by atoms with Crippen LogP contribution in [0.25, 0.3) is 0 Å². The van der Waals surface area contributed by atoms with Crippen LogP contribution in [-0.2, 0) is 10.0 Å². The first-order valence-corrected chi connectivity index (χ1v) is 9.09. The van der Waals surface area contributed by atoms with Crippen LogP contribution in [0.2, 0.25) is 0 Å². The molecule has 1 aliphatic carbocycles. The third-order valence-corrected chi connectivity index (χ3v) is 6.48. The van der Waals surface area contributed by atoms with Crippen LogP contribution >= 0.6 is 0 Å². The highest BCUT2D eigenvalue weighted by atomic mass is 32.2. The largest absolute Gasteiger partial charge is 0.398 e. The predicted molar refractivity (Wildman–Crippen MR) is 86.8 cm³/mol. The highest BCUT2D eigenvalue weighted by Gasteiger charge is 2.27. The van der Waals surface area contributed by atoms with Crippen LogP contribution in [-0.4, -0.2) is 14.5 Å². The van der Waals surface area contributed by atoms with Gasteiger partial charge in [0.25, 0.3) is 0 Å². The van der Waals surface area contributed by atoms with Crippen LogP contribution in [0.3, 0.4) is 0 Å². The van der Waals surface area contributed by atoms with E-state index in [9.17, 15) is 8.42 Å². The molecule has 1 aliphatic rings. The van der Waals surface area contributed by atoms with Crippen molar-refractivity contribution < 1.29 is 8.42 Å². The lowest BCUT2D eigenvalue weighted by molar-refractivity contribution is 0.332. The molecule has 0 spiro atoms. The fraction of sp³-hybridized carbons (Fsp3) is 0.625. The van der Waals surface area contributed by atoms with Gasteiger partial charge in [0.15, 0.2) is 0 Å². The van der Waals surface area contributed by atoms with Gasteiger partial charge in [-0.15, -0.1) is 0 Å². The third-order valence-electron chi connectivity index (χ3n) is 4.68. The van der Waals surface area contributed by atoms with Crippen LogP contribution < -0.4 is 10.5 Å². The zero-order valence-electron chi connectivity index (χ0n) is 13.4. The lowest BCUT2D eigenvalue weighted by Crippen LogP contribution is -2.38. The SMILES string of the molecule is Cc1cc(N)c(C)c(S(=O)(=O)NC2CCC(C)CC2)c1C. The average molecular weight is 310 g/mol. The van der Waals surface area contributed by atoms with Crippen molar-refractivity contribution in [2.45, 2.75) is 64.3 Å². The summed E-state index contributed by atoms with van der Waals surface area (Å²) in [6.07, 6.45) is 4.00. The maximum absolute atomic E-state index is 12.8. The maximum atomic E-state index is 12.8. The number of nitrogen functional groups attached to an aromatic ring is 1. The Hall–Kier alpha value is -1.07. The Morgan fingerprint density at radius 1 is 1.10 bits per heavy atom. The smallest absolute Gasteiger partial charge is 0.241 e. The molecule has 4 nitrogen and oxygen atoms in total. The zero-order valence-corrected chi connectivity index (χ0v) is 14.2. The maximum Gasteiger partial charge on any atom is 0.241 e. The first kappa shape index (κ1) is 16.3. The zero-order chi connectivity index (χ0) is 15.8. The second-order valence-corrected chi connectivity index (χ2v) is 8.09. The molecule has 3 N–H and O–H groups in total. The van der Waals surface area contributed by atoms with Gasteiger partial charge in [-0.1, -0.05) is 6.92 Å². The number of hydrogen-bond donors (Lipinski definition) is 2. The van der Waals surface area contributed by atoms with Crippen LogP contribution in [0.15, 0.2) is 11.0 Å². The molecule has 118 valence electrons. The van der Waals surface area contributed by atoms with Crippen molar-refractivity contribution in [3.05, 3.63) is 22.8 Å². The standard InChI is InChI=1S/C16H26N2O2S/c1-10-5-7-14(8-6-10)18-21(19,20)16-12(3)11(2)9-15(17)13(16)4/h9-10,14,18H,5-8,17H2,1-4H3. The number of anilines is 1. The normalized spacial score (nSPS) is 23.2. The van der Waals surface area contributed by atoms with Crippen molar-refractivity contribution >= 4 is 15.7 Å². The Labute approximate surface area is 128 Å². The van der Waals surface area contributed by atoms with E-state index in [-0.39, 0.29) is 6.04 Å². The van der Waals surface area contributed by atoms with Crippen LogP contribution in [0.1, 0.15) is 49.3 Å². The molecule has 0 heterocycles. The molecule has 0 amide bonds. The Balaban J connectivity index is 2.32. The molecule has 1 aromatic carbocycles. The van der Waals surface area contributed by atoms with Crippen molar-refractivity contribution in [3.8, 4) is 0 Å². The number of hydrogen-bond acceptors (Lipinski definition) is 3. The molecule has 0 unspecified atom stereocenters. The van der Waals surface area contributed by atoms with Crippen molar-refractivity contribution in [1.82, 2.24) is 4.72 Å². The van der Waals surface area contributed by atoms with Crippen molar-refractivity contribution in [2.75, 3.05) is 5.73 Å². The molecule has 0 bridgehead atoms. The van der Waals surface area contributed by atoms with Crippen molar-refractivity contribution in [2.24, 2.45) is 5.92 Å². The molecule has 2 rings (SSSR count). The van der Waals surface area contributed by atoms with Gasteiger partial charge in [0.2, 0.25) is 10.0 Å². The van der Waals surface area contributed by atoms with Crippen LogP contribution in [0, 0.1) is 26.7 Å². The molecule has 0 aliphatic heterocycles. The lowest BCUT2D eigenvalue weighted by Gasteiger charge is -2.27. The van der Waals surface area contributed by atoms with E-state index < -0.39 is 10.0 Å².